The average molecular weight is 197 g/mol. The van der Waals surface area contributed by atoms with Crippen LogP contribution in [0.4, 0.5) is 10.6 Å². The number of hydrogen-bond acceptors (Lipinski definition) is 4. The Morgan fingerprint density at radius 2 is 2.57 bits per heavy atom. The zero-order chi connectivity index (χ0) is 10.6. The Bertz CT molecular complexity index is 346. The number of nitrogens with two attached hydrogens (primary N) is 1. The lowest BCUT2D eigenvalue weighted by Gasteiger charge is -2.03. The van der Waals surface area contributed by atoms with Gasteiger partial charge in [-0.2, -0.15) is 5.10 Å². The number of anilines is 1. The number of carbonyl (C=O) groups excluding carboxylic acids is 1. The zero-order valence-electron chi connectivity index (χ0n) is 7.63. The molecule has 0 aliphatic carbocycles. The summed E-state index contributed by atoms with van der Waals surface area (Å²) in [6.45, 7) is 1.97. The van der Waals surface area contributed by atoms with Crippen LogP contribution in [0.3, 0.4) is 0 Å². The Kier molecular flexibility index (Phi) is 3.05. The SMILES string of the molecule is CCOC(=O)Nc1[nH]ncc1C(=N)N. The van der Waals surface area contributed by atoms with Gasteiger partial charge in [-0.3, -0.25) is 15.8 Å². The summed E-state index contributed by atoms with van der Waals surface area (Å²) in [5.41, 5.74) is 5.57. The third kappa shape index (κ3) is 2.22. The number of rotatable bonds is 3. The quantitative estimate of drug-likeness (QED) is 0.410. The van der Waals surface area contributed by atoms with Crippen molar-refractivity contribution in [3.05, 3.63) is 11.8 Å². The van der Waals surface area contributed by atoms with Crippen LogP contribution in [0.15, 0.2) is 6.20 Å². The molecule has 1 heterocycles. The number of ether oxygens (including phenoxy) is 1. The van der Waals surface area contributed by atoms with Gasteiger partial charge in [-0.05, 0) is 6.92 Å². The van der Waals surface area contributed by atoms with Crippen LogP contribution in [0.1, 0.15) is 12.5 Å². The van der Waals surface area contributed by atoms with Crippen LogP contribution in [0.25, 0.3) is 0 Å². The first-order valence-electron chi connectivity index (χ1n) is 3.96. The number of amidine groups is 1. The molecule has 1 rings (SSSR count). The highest BCUT2D eigenvalue weighted by Gasteiger charge is 2.10. The molecule has 0 fully saturated rings. The fraction of sp³-hybridized carbons (Fsp3) is 0.286. The molecule has 0 bridgehead atoms. The van der Waals surface area contributed by atoms with Gasteiger partial charge in [0, 0.05) is 0 Å². The first-order chi connectivity index (χ1) is 6.65. The van der Waals surface area contributed by atoms with Crippen molar-refractivity contribution in [2.75, 3.05) is 11.9 Å². The molecule has 0 aliphatic rings. The van der Waals surface area contributed by atoms with Crippen LogP contribution >= 0.6 is 0 Å². The Hall–Kier alpha value is -2.05. The maximum absolute atomic E-state index is 11.0. The Morgan fingerprint density at radius 3 is 3.14 bits per heavy atom. The van der Waals surface area contributed by atoms with Gasteiger partial charge >= 0.3 is 6.09 Å². The molecule has 0 unspecified atom stereocenters. The van der Waals surface area contributed by atoms with Crippen molar-refractivity contribution in [3.63, 3.8) is 0 Å². The lowest BCUT2D eigenvalue weighted by Crippen LogP contribution is -2.18. The Labute approximate surface area is 80.1 Å². The van der Waals surface area contributed by atoms with Crippen LogP contribution in [-0.2, 0) is 4.74 Å². The van der Waals surface area contributed by atoms with Crippen LogP contribution in [0.5, 0.6) is 0 Å². The second-order valence-corrected chi connectivity index (χ2v) is 2.42. The van der Waals surface area contributed by atoms with Gasteiger partial charge in [-0.1, -0.05) is 0 Å². The first-order valence-corrected chi connectivity index (χ1v) is 3.96. The number of nitrogens with one attached hydrogen (secondary N) is 3. The van der Waals surface area contributed by atoms with Gasteiger partial charge < -0.3 is 10.5 Å². The fourth-order valence-electron chi connectivity index (χ4n) is 0.855. The summed E-state index contributed by atoms with van der Waals surface area (Å²) >= 11 is 0. The van der Waals surface area contributed by atoms with Crippen molar-refractivity contribution < 1.29 is 9.53 Å². The molecule has 1 aromatic rings. The molecular formula is C7H11N5O2. The van der Waals surface area contributed by atoms with E-state index in [9.17, 15) is 4.79 Å². The number of aromatic nitrogens is 2. The number of hydrogen-bond donors (Lipinski definition) is 4. The minimum Gasteiger partial charge on any atom is -0.450 e. The monoisotopic (exact) mass is 197 g/mol. The van der Waals surface area contributed by atoms with Crippen LogP contribution in [0.2, 0.25) is 0 Å². The molecule has 0 saturated carbocycles. The van der Waals surface area contributed by atoms with Crippen molar-refractivity contribution in [1.82, 2.24) is 10.2 Å². The van der Waals surface area contributed by atoms with E-state index in [1.165, 1.54) is 6.20 Å². The topological polar surface area (TPSA) is 117 Å². The number of nitrogens with zero attached hydrogens (tertiary/aromatic N) is 1. The first kappa shape index (κ1) is 10.0. The number of aromatic amines is 1. The summed E-state index contributed by atoms with van der Waals surface area (Å²) in [6.07, 6.45) is 0.739. The zero-order valence-corrected chi connectivity index (χ0v) is 7.63. The van der Waals surface area contributed by atoms with E-state index in [0.717, 1.165) is 0 Å². The molecular weight excluding hydrogens is 186 g/mol. The molecule has 0 radical (unpaired) electrons. The van der Waals surface area contributed by atoms with Gasteiger partial charge in [-0.25, -0.2) is 4.79 Å². The summed E-state index contributed by atoms with van der Waals surface area (Å²) in [5.74, 6) is 0.0847. The molecule has 0 saturated heterocycles. The van der Waals surface area contributed by atoms with E-state index in [-0.39, 0.29) is 18.3 Å². The predicted octanol–water partition coefficient (Wildman–Crippen LogP) is 0.262. The molecule has 14 heavy (non-hydrogen) atoms. The highest BCUT2D eigenvalue weighted by Crippen LogP contribution is 2.09. The van der Waals surface area contributed by atoms with Crippen molar-refractivity contribution in [1.29, 1.82) is 5.41 Å². The molecule has 7 heteroatoms. The Balaban J connectivity index is 2.71. The summed E-state index contributed by atoms with van der Waals surface area (Å²) < 4.78 is 4.64. The lowest BCUT2D eigenvalue weighted by molar-refractivity contribution is 0.168. The summed E-state index contributed by atoms with van der Waals surface area (Å²) in [4.78, 5) is 11.0. The highest BCUT2D eigenvalue weighted by molar-refractivity contribution is 6.01. The van der Waals surface area contributed by atoms with Crippen molar-refractivity contribution >= 4 is 17.7 Å². The third-order valence-electron chi connectivity index (χ3n) is 1.43. The lowest BCUT2D eigenvalue weighted by atomic mass is 10.3. The maximum atomic E-state index is 11.0. The van der Waals surface area contributed by atoms with Crippen LogP contribution in [0, 0.1) is 5.41 Å². The molecule has 0 aromatic carbocycles. The number of H-pyrrole nitrogens is 1. The largest absolute Gasteiger partial charge is 0.450 e. The van der Waals surface area contributed by atoms with Crippen LogP contribution < -0.4 is 11.1 Å². The van der Waals surface area contributed by atoms with Gasteiger partial charge in [0.15, 0.2) is 0 Å². The van der Waals surface area contributed by atoms with E-state index >= 15 is 0 Å². The molecule has 7 nitrogen and oxygen atoms in total. The van der Waals surface area contributed by atoms with Gasteiger partial charge in [-0.15, -0.1) is 0 Å². The summed E-state index contributed by atoms with van der Waals surface area (Å²) in [7, 11) is 0. The van der Waals surface area contributed by atoms with Crippen LogP contribution in [-0.4, -0.2) is 28.7 Å². The van der Waals surface area contributed by atoms with E-state index in [1.54, 1.807) is 6.92 Å². The molecule has 1 aromatic heterocycles. The van der Waals surface area contributed by atoms with Crippen molar-refractivity contribution in [2.45, 2.75) is 6.92 Å². The minimum atomic E-state index is -0.612. The molecule has 0 atom stereocenters. The number of carbonyl (C=O) groups is 1. The second kappa shape index (κ2) is 4.26. The molecule has 0 spiro atoms. The van der Waals surface area contributed by atoms with E-state index in [4.69, 9.17) is 11.1 Å². The van der Waals surface area contributed by atoms with Gasteiger partial charge in [0.25, 0.3) is 0 Å². The molecule has 5 N–H and O–H groups in total. The number of amides is 1. The summed E-state index contributed by atoms with van der Waals surface area (Å²) in [5, 5.41) is 15.7. The predicted molar refractivity (Wildman–Crippen MR) is 50.2 cm³/mol. The highest BCUT2D eigenvalue weighted by atomic mass is 16.5. The minimum absolute atomic E-state index is 0.175. The van der Waals surface area contributed by atoms with Gasteiger partial charge in [0.1, 0.15) is 11.7 Å². The van der Waals surface area contributed by atoms with Crippen molar-refractivity contribution in [3.8, 4) is 0 Å². The summed E-state index contributed by atoms with van der Waals surface area (Å²) in [6, 6.07) is 0. The molecule has 0 aliphatic heterocycles. The van der Waals surface area contributed by atoms with E-state index < -0.39 is 6.09 Å². The fourth-order valence-corrected chi connectivity index (χ4v) is 0.855. The third-order valence-corrected chi connectivity index (χ3v) is 1.43. The molecule has 76 valence electrons. The Morgan fingerprint density at radius 1 is 1.86 bits per heavy atom. The standard InChI is InChI=1S/C7H11N5O2/c1-2-14-7(13)11-6-4(5(8)9)3-10-12-6/h3H,2H2,1H3,(H3,8,9)(H2,10,11,12,13). The maximum Gasteiger partial charge on any atom is 0.412 e. The normalized spacial score (nSPS) is 9.50. The smallest absolute Gasteiger partial charge is 0.412 e. The van der Waals surface area contributed by atoms with E-state index in [0.29, 0.717) is 5.56 Å². The van der Waals surface area contributed by atoms with Gasteiger partial charge in [0.05, 0.1) is 18.4 Å². The van der Waals surface area contributed by atoms with E-state index in [2.05, 4.69) is 20.3 Å². The average Bonchev–Trinajstić information content (AvgIpc) is 2.52. The second-order valence-electron chi connectivity index (χ2n) is 2.42. The van der Waals surface area contributed by atoms with Crippen molar-refractivity contribution in [2.24, 2.45) is 5.73 Å². The van der Waals surface area contributed by atoms with E-state index in [1.807, 2.05) is 0 Å². The van der Waals surface area contributed by atoms with Gasteiger partial charge in [0.2, 0.25) is 0 Å². The molecule has 1 amide bonds. The number of nitrogen functional groups attached to an aromatic ring is 1.